The van der Waals surface area contributed by atoms with E-state index in [1.807, 2.05) is 13.8 Å². The zero-order valence-electron chi connectivity index (χ0n) is 10.2. The van der Waals surface area contributed by atoms with Gasteiger partial charge in [-0.05, 0) is 24.5 Å². The molecule has 1 aromatic rings. The lowest BCUT2D eigenvalue weighted by atomic mass is 10.1. The lowest BCUT2D eigenvalue weighted by Gasteiger charge is -2.20. The largest absolute Gasteiger partial charge is 0.359 e. The van der Waals surface area contributed by atoms with Crippen LogP contribution in [0.4, 0.5) is 0 Å². The van der Waals surface area contributed by atoms with Gasteiger partial charge in [0.05, 0.1) is 11.4 Å². The van der Waals surface area contributed by atoms with Gasteiger partial charge in [-0.2, -0.15) is 0 Å². The quantitative estimate of drug-likeness (QED) is 0.626. The summed E-state index contributed by atoms with van der Waals surface area (Å²) in [5.41, 5.74) is 0. The van der Waals surface area contributed by atoms with Gasteiger partial charge in [0.2, 0.25) is 0 Å². The topological polar surface area (TPSA) is 46.5 Å². The lowest BCUT2D eigenvalue weighted by molar-refractivity contribution is 0.196. The molecule has 0 aliphatic carbocycles. The third-order valence-corrected chi connectivity index (χ3v) is 3.83. The molecule has 0 bridgehead atoms. The zero-order valence-corrected chi connectivity index (χ0v) is 11.1. The van der Waals surface area contributed by atoms with Gasteiger partial charge in [-0.3, -0.25) is 9.09 Å². The number of hydrogen-bond acceptors (Lipinski definition) is 2. The summed E-state index contributed by atoms with van der Waals surface area (Å²) in [5.74, 6) is 0.383. The van der Waals surface area contributed by atoms with Crippen molar-refractivity contribution in [1.29, 1.82) is 0 Å². The Labute approximate surface area is 103 Å². The van der Waals surface area contributed by atoms with E-state index >= 15 is 0 Å². The molecule has 1 rings (SSSR count). The van der Waals surface area contributed by atoms with Gasteiger partial charge in [0, 0.05) is 0 Å². The summed E-state index contributed by atoms with van der Waals surface area (Å²) in [7, 11) is -3.75. The van der Waals surface area contributed by atoms with Gasteiger partial charge in [-0.25, -0.2) is 0 Å². The summed E-state index contributed by atoms with van der Waals surface area (Å²) in [4.78, 5) is 9.89. The average Bonchev–Trinajstić information content (AvgIpc) is 2.28. The summed E-state index contributed by atoms with van der Waals surface area (Å²) < 4.78 is 17.3. The first-order chi connectivity index (χ1) is 7.95. The van der Waals surface area contributed by atoms with Crippen molar-refractivity contribution in [2.24, 2.45) is 5.92 Å². The molecule has 3 nitrogen and oxygen atoms in total. The minimum atomic E-state index is -3.75. The van der Waals surface area contributed by atoms with Crippen LogP contribution in [0.3, 0.4) is 0 Å². The highest BCUT2D eigenvalue weighted by Crippen LogP contribution is 2.43. The van der Waals surface area contributed by atoms with Crippen LogP contribution in [0, 0.1) is 5.92 Å². The molecule has 0 heterocycles. The van der Waals surface area contributed by atoms with Crippen LogP contribution in [0.1, 0.15) is 20.3 Å². The molecule has 17 heavy (non-hydrogen) atoms. The van der Waals surface area contributed by atoms with Gasteiger partial charge in [0.15, 0.2) is 0 Å². The zero-order chi connectivity index (χ0) is 12.9. The third-order valence-electron chi connectivity index (χ3n) is 2.33. The van der Waals surface area contributed by atoms with Gasteiger partial charge >= 0.3 is 7.60 Å². The number of hydrogen-bond donors (Lipinski definition) is 1. The second-order valence-corrected chi connectivity index (χ2v) is 6.13. The van der Waals surface area contributed by atoms with Crippen molar-refractivity contribution in [3.63, 3.8) is 0 Å². The first kappa shape index (κ1) is 14.2. The maximum Gasteiger partial charge on any atom is 0.359 e. The second kappa shape index (κ2) is 6.15. The first-order valence-electron chi connectivity index (χ1n) is 5.65. The summed E-state index contributed by atoms with van der Waals surface area (Å²) in [6.07, 6.45) is 1.86. The van der Waals surface area contributed by atoms with Gasteiger partial charge in [0.25, 0.3) is 0 Å². The molecule has 2 unspecified atom stereocenters. The van der Waals surface area contributed by atoms with E-state index in [9.17, 15) is 9.46 Å². The fourth-order valence-electron chi connectivity index (χ4n) is 1.51. The highest BCUT2D eigenvalue weighted by molar-refractivity contribution is 7.61. The van der Waals surface area contributed by atoms with E-state index in [0.717, 1.165) is 0 Å². The molecule has 94 valence electrons. The highest BCUT2D eigenvalue weighted by Gasteiger charge is 2.26. The van der Waals surface area contributed by atoms with Crippen LogP contribution in [-0.4, -0.2) is 11.0 Å². The Morgan fingerprint density at radius 2 is 2.00 bits per heavy atom. The summed E-state index contributed by atoms with van der Waals surface area (Å²) in [6, 6.07) is 8.41. The molecule has 4 heteroatoms. The molecule has 1 aromatic carbocycles. The van der Waals surface area contributed by atoms with Crippen LogP contribution in [0.25, 0.3) is 0 Å². The molecule has 0 spiro atoms. The monoisotopic (exact) mass is 254 g/mol. The molecule has 0 saturated heterocycles. The molecule has 0 amide bonds. The molecule has 0 saturated carbocycles. The van der Waals surface area contributed by atoms with Crippen LogP contribution >= 0.6 is 7.60 Å². The molecule has 2 atom stereocenters. The SMILES string of the molecule is C=CC(CC(C)C)OP(=O)(O)c1ccccc1. The van der Waals surface area contributed by atoms with Crippen LogP contribution in [-0.2, 0) is 9.09 Å². The molecule has 1 N–H and O–H groups in total. The van der Waals surface area contributed by atoms with Crippen LogP contribution in [0.5, 0.6) is 0 Å². The maximum absolute atomic E-state index is 12.1. The Kier molecular flexibility index (Phi) is 5.13. The predicted molar refractivity (Wildman–Crippen MR) is 70.4 cm³/mol. The van der Waals surface area contributed by atoms with E-state index in [4.69, 9.17) is 4.52 Å². The molecule has 0 aliphatic rings. The van der Waals surface area contributed by atoms with Crippen molar-refractivity contribution in [3.8, 4) is 0 Å². The van der Waals surface area contributed by atoms with Crippen molar-refractivity contribution >= 4 is 12.9 Å². The second-order valence-electron chi connectivity index (χ2n) is 4.37. The standard InChI is InChI=1S/C13H19O3P/c1-4-12(10-11(2)3)16-17(14,15)13-8-6-5-7-9-13/h4-9,11-12H,1,10H2,2-3H3,(H,14,15). The maximum atomic E-state index is 12.1. The summed E-state index contributed by atoms with van der Waals surface area (Å²) in [6.45, 7) is 7.70. The molecular weight excluding hydrogens is 235 g/mol. The fourth-order valence-corrected chi connectivity index (χ4v) is 2.72. The van der Waals surface area contributed by atoms with E-state index in [0.29, 0.717) is 17.6 Å². The Morgan fingerprint density at radius 1 is 1.41 bits per heavy atom. The van der Waals surface area contributed by atoms with E-state index in [2.05, 4.69) is 6.58 Å². The Bertz CT molecular complexity index is 400. The van der Waals surface area contributed by atoms with E-state index < -0.39 is 13.7 Å². The van der Waals surface area contributed by atoms with Gasteiger partial charge in [-0.15, -0.1) is 6.58 Å². The Morgan fingerprint density at radius 3 is 2.47 bits per heavy atom. The fraction of sp³-hybridized carbons (Fsp3) is 0.385. The highest BCUT2D eigenvalue weighted by atomic mass is 31.2. The van der Waals surface area contributed by atoms with Crippen LogP contribution in [0.2, 0.25) is 0 Å². The van der Waals surface area contributed by atoms with Crippen molar-refractivity contribution in [2.45, 2.75) is 26.4 Å². The number of rotatable bonds is 6. The Hall–Kier alpha value is -0.890. The first-order valence-corrected chi connectivity index (χ1v) is 7.23. The lowest BCUT2D eigenvalue weighted by Crippen LogP contribution is -2.16. The van der Waals surface area contributed by atoms with Crippen LogP contribution in [0.15, 0.2) is 43.0 Å². The van der Waals surface area contributed by atoms with E-state index in [-0.39, 0.29) is 0 Å². The molecule has 0 fully saturated rings. The molecule has 0 aliphatic heterocycles. The number of benzene rings is 1. The molecule has 0 radical (unpaired) electrons. The smallest absolute Gasteiger partial charge is 0.321 e. The normalized spacial score (nSPS) is 16.5. The van der Waals surface area contributed by atoms with Crippen molar-refractivity contribution < 1.29 is 14.0 Å². The summed E-state index contributed by atoms with van der Waals surface area (Å²) in [5, 5.41) is 0.315. The minimum Gasteiger partial charge on any atom is -0.321 e. The third kappa shape index (κ3) is 4.47. The summed E-state index contributed by atoms with van der Waals surface area (Å²) >= 11 is 0. The van der Waals surface area contributed by atoms with Crippen molar-refractivity contribution in [3.05, 3.63) is 43.0 Å². The minimum absolute atomic E-state index is 0.315. The van der Waals surface area contributed by atoms with Gasteiger partial charge < -0.3 is 4.89 Å². The van der Waals surface area contributed by atoms with Crippen molar-refractivity contribution in [1.82, 2.24) is 0 Å². The Balaban J connectivity index is 2.78. The molecule has 0 aromatic heterocycles. The average molecular weight is 254 g/mol. The van der Waals surface area contributed by atoms with Crippen LogP contribution < -0.4 is 5.30 Å². The van der Waals surface area contributed by atoms with E-state index in [1.165, 1.54) is 0 Å². The van der Waals surface area contributed by atoms with Gasteiger partial charge in [0.1, 0.15) is 0 Å². The van der Waals surface area contributed by atoms with Gasteiger partial charge in [-0.1, -0.05) is 38.1 Å². The predicted octanol–water partition coefficient (Wildman–Crippen LogP) is 3.11. The molecular formula is C13H19O3P. The van der Waals surface area contributed by atoms with E-state index in [1.54, 1.807) is 36.4 Å². The van der Waals surface area contributed by atoms with Crippen molar-refractivity contribution in [2.75, 3.05) is 0 Å².